The molecular weight excluding hydrogens is 306 g/mol. The van der Waals surface area contributed by atoms with E-state index in [1.165, 1.54) is 0 Å². The van der Waals surface area contributed by atoms with Crippen LogP contribution in [0, 0.1) is 0 Å². The summed E-state index contributed by atoms with van der Waals surface area (Å²) in [5.74, 6) is 0.318. The number of nitrogens with zero attached hydrogens (tertiary/aromatic N) is 1. The fraction of sp³-hybridized carbons (Fsp3) is 0.222. The quantitative estimate of drug-likeness (QED) is 0.905. The van der Waals surface area contributed by atoms with Gasteiger partial charge in [-0.25, -0.2) is 0 Å². The summed E-state index contributed by atoms with van der Waals surface area (Å²) < 4.78 is 5.31. The van der Waals surface area contributed by atoms with Gasteiger partial charge in [0.25, 0.3) is 5.91 Å². The highest BCUT2D eigenvalue weighted by molar-refractivity contribution is 5.96. The molecule has 2 N–H and O–H groups in total. The molecule has 2 amide bonds. The van der Waals surface area contributed by atoms with Crippen LogP contribution in [0.3, 0.4) is 0 Å². The number of amides is 2. The van der Waals surface area contributed by atoms with E-state index in [0.717, 1.165) is 16.9 Å². The zero-order valence-corrected chi connectivity index (χ0v) is 13.6. The van der Waals surface area contributed by atoms with Gasteiger partial charge in [-0.1, -0.05) is 6.07 Å². The Bertz CT molecular complexity index is 770. The predicted octanol–water partition coefficient (Wildman–Crippen LogP) is 2.26. The van der Waals surface area contributed by atoms with Crippen molar-refractivity contribution in [3.8, 4) is 5.75 Å². The van der Waals surface area contributed by atoms with E-state index in [4.69, 9.17) is 4.74 Å². The molecular formula is C18H19N3O3. The van der Waals surface area contributed by atoms with Gasteiger partial charge >= 0.3 is 0 Å². The standard InChI is InChI=1S/C18H19N3O3/c1-21(2)14-6-4-13(5-7-14)19-17(22)10-12-3-8-16-15(9-12)20-18(23)11-24-16/h3-9H,10-11H2,1-2H3,(H,19,22)(H,20,23). The van der Waals surface area contributed by atoms with Crippen molar-refractivity contribution in [2.75, 3.05) is 36.2 Å². The van der Waals surface area contributed by atoms with Crippen molar-refractivity contribution < 1.29 is 14.3 Å². The zero-order valence-electron chi connectivity index (χ0n) is 13.6. The van der Waals surface area contributed by atoms with Crippen LogP contribution in [0.15, 0.2) is 42.5 Å². The van der Waals surface area contributed by atoms with E-state index in [1.807, 2.05) is 49.3 Å². The Hall–Kier alpha value is -3.02. The molecule has 3 rings (SSSR count). The third-order valence-electron chi connectivity index (χ3n) is 3.71. The van der Waals surface area contributed by atoms with Crippen molar-refractivity contribution in [1.82, 2.24) is 0 Å². The molecule has 6 nitrogen and oxygen atoms in total. The number of carbonyl (C=O) groups is 2. The second-order valence-electron chi connectivity index (χ2n) is 5.83. The number of carbonyl (C=O) groups excluding carboxylic acids is 2. The molecule has 0 saturated heterocycles. The molecule has 0 aliphatic carbocycles. The van der Waals surface area contributed by atoms with Crippen LogP contribution in [-0.4, -0.2) is 32.5 Å². The molecule has 0 unspecified atom stereocenters. The highest BCUT2D eigenvalue weighted by Crippen LogP contribution is 2.28. The van der Waals surface area contributed by atoms with Crippen LogP contribution in [0.2, 0.25) is 0 Å². The lowest BCUT2D eigenvalue weighted by atomic mass is 10.1. The number of rotatable bonds is 4. The molecule has 0 spiro atoms. The smallest absolute Gasteiger partial charge is 0.262 e. The first kappa shape index (κ1) is 15.9. The molecule has 1 heterocycles. The Morgan fingerprint density at radius 3 is 2.67 bits per heavy atom. The van der Waals surface area contributed by atoms with Gasteiger partial charge in [0.1, 0.15) is 5.75 Å². The minimum atomic E-state index is -0.190. The summed E-state index contributed by atoms with van der Waals surface area (Å²) in [7, 11) is 3.93. The van der Waals surface area contributed by atoms with E-state index in [9.17, 15) is 9.59 Å². The average molecular weight is 325 g/mol. The lowest BCUT2D eigenvalue weighted by Crippen LogP contribution is -2.25. The Labute approximate surface area is 140 Å². The number of hydrogen-bond donors (Lipinski definition) is 2. The van der Waals surface area contributed by atoms with Crippen LogP contribution in [0.4, 0.5) is 17.1 Å². The van der Waals surface area contributed by atoms with E-state index in [0.29, 0.717) is 11.4 Å². The lowest BCUT2D eigenvalue weighted by Gasteiger charge is -2.18. The van der Waals surface area contributed by atoms with Gasteiger partial charge < -0.3 is 20.3 Å². The first-order chi connectivity index (χ1) is 11.5. The highest BCUT2D eigenvalue weighted by Gasteiger charge is 2.16. The van der Waals surface area contributed by atoms with Crippen molar-refractivity contribution in [3.05, 3.63) is 48.0 Å². The molecule has 0 atom stereocenters. The predicted molar refractivity (Wildman–Crippen MR) is 93.7 cm³/mol. The average Bonchev–Trinajstić information content (AvgIpc) is 2.54. The van der Waals surface area contributed by atoms with Gasteiger partial charge in [-0.05, 0) is 42.0 Å². The maximum atomic E-state index is 12.2. The highest BCUT2D eigenvalue weighted by atomic mass is 16.5. The van der Waals surface area contributed by atoms with Crippen LogP contribution in [-0.2, 0) is 16.0 Å². The Balaban J connectivity index is 1.64. The molecule has 24 heavy (non-hydrogen) atoms. The van der Waals surface area contributed by atoms with Crippen molar-refractivity contribution in [1.29, 1.82) is 0 Å². The largest absolute Gasteiger partial charge is 0.482 e. The fourth-order valence-electron chi connectivity index (χ4n) is 2.47. The third kappa shape index (κ3) is 3.65. The number of nitrogens with one attached hydrogen (secondary N) is 2. The number of fused-ring (bicyclic) bond motifs is 1. The van der Waals surface area contributed by atoms with Gasteiger partial charge in [-0.15, -0.1) is 0 Å². The van der Waals surface area contributed by atoms with Crippen molar-refractivity contribution in [3.63, 3.8) is 0 Å². The summed E-state index contributed by atoms with van der Waals surface area (Å²) in [6.45, 7) is 0.0236. The first-order valence-corrected chi connectivity index (χ1v) is 7.64. The van der Waals surface area contributed by atoms with Crippen molar-refractivity contribution in [2.24, 2.45) is 0 Å². The Morgan fingerprint density at radius 2 is 1.96 bits per heavy atom. The number of anilines is 3. The number of hydrogen-bond acceptors (Lipinski definition) is 4. The summed E-state index contributed by atoms with van der Waals surface area (Å²) >= 11 is 0. The van der Waals surface area contributed by atoms with Crippen LogP contribution >= 0.6 is 0 Å². The molecule has 124 valence electrons. The fourth-order valence-corrected chi connectivity index (χ4v) is 2.47. The molecule has 6 heteroatoms. The Kier molecular flexibility index (Phi) is 4.37. The number of ether oxygens (including phenoxy) is 1. The minimum absolute atomic E-state index is 0.0236. The zero-order chi connectivity index (χ0) is 17.1. The SMILES string of the molecule is CN(C)c1ccc(NC(=O)Cc2ccc3c(c2)NC(=O)CO3)cc1. The summed E-state index contributed by atoms with van der Waals surface area (Å²) in [5, 5.41) is 5.61. The normalized spacial score (nSPS) is 12.7. The van der Waals surface area contributed by atoms with Crippen LogP contribution in [0.1, 0.15) is 5.56 Å². The maximum absolute atomic E-state index is 12.2. The molecule has 2 aromatic carbocycles. The molecule has 2 aromatic rings. The second kappa shape index (κ2) is 6.62. The molecule has 0 aromatic heterocycles. The van der Waals surface area contributed by atoms with Gasteiger partial charge in [-0.3, -0.25) is 9.59 Å². The summed E-state index contributed by atoms with van der Waals surface area (Å²) in [6, 6.07) is 13.0. The van der Waals surface area contributed by atoms with E-state index in [-0.39, 0.29) is 24.8 Å². The third-order valence-corrected chi connectivity index (χ3v) is 3.71. The monoisotopic (exact) mass is 325 g/mol. The minimum Gasteiger partial charge on any atom is -0.482 e. The van der Waals surface area contributed by atoms with Gasteiger partial charge in [0, 0.05) is 25.5 Å². The van der Waals surface area contributed by atoms with Gasteiger partial charge in [0.15, 0.2) is 6.61 Å². The summed E-state index contributed by atoms with van der Waals surface area (Å²) in [4.78, 5) is 25.5. The van der Waals surface area contributed by atoms with Crippen LogP contribution in [0.5, 0.6) is 5.75 Å². The first-order valence-electron chi connectivity index (χ1n) is 7.64. The molecule has 0 radical (unpaired) electrons. The molecule has 1 aliphatic rings. The van der Waals surface area contributed by atoms with E-state index in [2.05, 4.69) is 10.6 Å². The van der Waals surface area contributed by atoms with E-state index >= 15 is 0 Å². The van der Waals surface area contributed by atoms with E-state index < -0.39 is 0 Å². The summed E-state index contributed by atoms with van der Waals surface area (Å²) in [6.07, 6.45) is 0.221. The topological polar surface area (TPSA) is 70.7 Å². The lowest BCUT2D eigenvalue weighted by molar-refractivity contribution is -0.118. The maximum Gasteiger partial charge on any atom is 0.262 e. The Morgan fingerprint density at radius 1 is 1.21 bits per heavy atom. The van der Waals surface area contributed by atoms with Crippen molar-refractivity contribution in [2.45, 2.75) is 6.42 Å². The molecule has 0 saturated carbocycles. The molecule has 0 fully saturated rings. The molecule has 1 aliphatic heterocycles. The number of benzene rings is 2. The van der Waals surface area contributed by atoms with E-state index in [1.54, 1.807) is 12.1 Å². The second-order valence-corrected chi connectivity index (χ2v) is 5.83. The van der Waals surface area contributed by atoms with Crippen LogP contribution in [0.25, 0.3) is 0 Å². The van der Waals surface area contributed by atoms with Gasteiger partial charge in [-0.2, -0.15) is 0 Å². The van der Waals surface area contributed by atoms with Gasteiger partial charge in [0.05, 0.1) is 12.1 Å². The summed E-state index contributed by atoms with van der Waals surface area (Å²) in [5.41, 5.74) is 3.23. The van der Waals surface area contributed by atoms with Crippen LogP contribution < -0.4 is 20.3 Å². The van der Waals surface area contributed by atoms with Gasteiger partial charge in [0.2, 0.25) is 5.91 Å². The molecule has 0 bridgehead atoms. The van der Waals surface area contributed by atoms with Crippen molar-refractivity contribution >= 4 is 28.9 Å².